The van der Waals surface area contributed by atoms with Crippen LogP contribution >= 0.6 is 0 Å². The Balaban J connectivity index is 1.82. The highest BCUT2D eigenvalue weighted by molar-refractivity contribution is 5.82. The van der Waals surface area contributed by atoms with E-state index in [1.54, 1.807) is 0 Å². The van der Waals surface area contributed by atoms with Gasteiger partial charge in [0.1, 0.15) is 6.54 Å². The zero-order chi connectivity index (χ0) is 18.1. The van der Waals surface area contributed by atoms with Gasteiger partial charge in [-0.05, 0) is 36.5 Å². The third kappa shape index (κ3) is 5.67. The summed E-state index contributed by atoms with van der Waals surface area (Å²) in [6.45, 7) is 5.30. The number of hydrogen-bond acceptors (Lipinski definition) is 2. The molecule has 0 spiro atoms. The van der Waals surface area contributed by atoms with Crippen molar-refractivity contribution in [1.82, 2.24) is 10.2 Å². The number of carbonyl (C=O) groups is 2. The molecule has 24 heavy (non-hydrogen) atoms. The molecule has 0 aromatic heterocycles. The third-order valence-electron chi connectivity index (χ3n) is 4.90. The van der Waals surface area contributed by atoms with Crippen LogP contribution in [-0.4, -0.2) is 42.0 Å². The first-order chi connectivity index (χ1) is 10.9. The van der Waals surface area contributed by atoms with Gasteiger partial charge >= 0.3 is 6.18 Å². The smallest absolute Gasteiger partial charge is 0.351 e. The number of nitrogens with one attached hydrogen (secondary N) is 1. The molecule has 0 aromatic rings. The largest absolute Gasteiger partial charge is 0.406 e. The first-order valence-corrected chi connectivity index (χ1v) is 8.57. The van der Waals surface area contributed by atoms with Crippen LogP contribution in [0.25, 0.3) is 0 Å². The van der Waals surface area contributed by atoms with Gasteiger partial charge in [-0.2, -0.15) is 13.2 Å². The molecule has 1 aliphatic heterocycles. The van der Waals surface area contributed by atoms with Crippen molar-refractivity contribution in [3.05, 3.63) is 0 Å². The van der Waals surface area contributed by atoms with Gasteiger partial charge in [0.05, 0.1) is 6.04 Å². The summed E-state index contributed by atoms with van der Waals surface area (Å²) in [5, 5.41) is 2.75. The minimum Gasteiger partial charge on any atom is -0.351 e. The van der Waals surface area contributed by atoms with Crippen molar-refractivity contribution in [3.63, 3.8) is 0 Å². The van der Waals surface area contributed by atoms with E-state index in [4.69, 9.17) is 0 Å². The van der Waals surface area contributed by atoms with Gasteiger partial charge in [-0.1, -0.05) is 20.8 Å². The molecule has 0 aromatic carbocycles. The molecular weight excluding hydrogens is 321 g/mol. The highest BCUT2D eigenvalue weighted by atomic mass is 19.4. The van der Waals surface area contributed by atoms with Crippen LogP contribution in [-0.2, 0) is 9.59 Å². The number of hydrogen-bond donors (Lipinski definition) is 1. The normalized spacial score (nSPS) is 30.5. The number of nitrogens with zero attached hydrogens (tertiary/aromatic N) is 1. The zero-order valence-corrected chi connectivity index (χ0v) is 14.6. The molecule has 7 heteroatoms. The maximum atomic E-state index is 12.4. The van der Waals surface area contributed by atoms with E-state index in [2.05, 4.69) is 26.1 Å². The van der Waals surface area contributed by atoms with Crippen LogP contribution in [0.4, 0.5) is 13.2 Å². The van der Waals surface area contributed by atoms with E-state index in [-0.39, 0.29) is 24.3 Å². The van der Waals surface area contributed by atoms with Crippen molar-refractivity contribution >= 4 is 11.8 Å². The fourth-order valence-electron chi connectivity index (χ4n) is 4.49. The molecule has 2 rings (SSSR count). The lowest BCUT2D eigenvalue weighted by atomic mass is 9.67. The molecule has 0 radical (unpaired) electrons. The Kier molecular flexibility index (Phi) is 5.50. The van der Waals surface area contributed by atoms with Gasteiger partial charge in [-0.25, -0.2) is 0 Å². The number of halogens is 3. The van der Waals surface area contributed by atoms with E-state index in [0.29, 0.717) is 18.3 Å². The van der Waals surface area contributed by atoms with Gasteiger partial charge in [0.25, 0.3) is 0 Å². The van der Waals surface area contributed by atoms with Gasteiger partial charge in [-0.3, -0.25) is 9.59 Å². The first kappa shape index (κ1) is 19.1. The van der Waals surface area contributed by atoms with Crippen molar-refractivity contribution in [2.24, 2.45) is 17.3 Å². The average molecular weight is 348 g/mol. The molecule has 1 heterocycles. The molecule has 2 amide bonds. The minimum atomic E-state index is -4.40. The Labute approximate surface area is 141 Å². The Morgan fingerprint density at radius 1 is 1.33 bits per heavy atom. The highest BCUT2D eigenvalue weighted by Gasteiger charge is 2.39. The summed E-state index contributed by atoms with van der Waals surface area (Å²) >= 11 is 0. The summed E-state index contributed by atoms with van der Waals surface area (Å²) in [5.74, 6) is 0.163. The molecule has 2 fully saturated rings. The molecule has 0 bridgehead atoms. The monoisotopic (exact) mass is 348 g/mol. The van der Waals surface area contributed by atoms with Crippen molar-refractivity contribution in [1.29, 1.82) is 0 Å². The lowest BCUT2D eigenvalue weighted by Gasteiger charge is -2.38. The number of carbonyl (C=O) groups excluding carboxylic acids is 2. The maximum Gasteiger partial charge on any atom is 0.406 e. The molecule has 1 saturated heterocycles. The average Bonchev–Trinajstić information content (AvgIpc) is 2.63. The molecule has 1 aliphatic carbocycles. The summed E-state index contributed by atoms with van der Waals surface area (Å²) < 4.78 is 37.2. The van der Waals surface area contributed by atoms with Crippen LogP contribution < -0.4 is 5.32 Å². The maximum absolute atomic E-state index is 12.4. The standard InChI is InChI=1S/C17H27F3N2O2/c1-11-4-12(8-16(2,3)7-11)5-14(23)21-13-6-15(24)22(9-13)10-17(18,19)20/h11-13H,4-10H2,1-3H3,(H,21,23). The Morgan fingerprint density at radius 2 is 2.00 bits per heavy atom. The van der Waals surface area contributed by atoms with Gasteiger partial charge in [0.2, 0.25) is 11.8 Å². The molecule has 138 valence electrons. The summed E-state index contributed by atoms with van der Waals surface area (Å²) in [5.41, 5.74) is 0.218. The molecule has 4 nitrogen and oxygen atoms in total. The Morgan fingerprint density at radius 3 is 2.58 bits per heavy atom. The molecular formula is C17H27F3N2O2. The van der Waals surface area contributed by atoms with Crippen LogP contribution in [0.5, 0.6) is 0 Å². The third-order valence-corrected chi connectivity index (χ3v) is 4.90. The lowest BCUT2D eigenvalue weighted by molar-refractivity contribution is -0.157. The second-order valence-corrected chi connectivity index (χ2v) is 8.34. The zero-order valence-electron chi connectivity index (χ0n) is 14.6. The SMILES string of the molecule is CC1CC(CC(=O)NC2CC(=O)N(CC(F)(F)F)C2)CC(C)(C)C1. The van der Waals surface area contributed by atoms with E-state index in [1.165, 1.54) is 0 Å². The second kappa shape index (κ2) is 6.92. The van der Waals surface area contributed by atoms with Crippen LogP contribution in [0.3, 0.4) is 0 Å². The predicted molar refractivity (Wildman–Crippen MR) is 84.1 cm³/mol. The van der Waals surface area contributed by atoms with E-state index in [1.807, 2.05) is 0 Å². The topological polar surface area (TPSA) is 49.4 Å². The summed E-state index contributed by atoms with van der Waals surface area (Å²) in [4.78, 5) is 24.6. The molecule has 3 unspecified atom stereocenters. The van der Waals surface area contributed by atoms with Crippen molar-refractivity contribution in [2.45, 2.75) is 65.1 Å². The summed E-state index contributed by atoms with van der Waals surface area (Å²) in [6.07, 6.45) is -0.936. The van der Waals surface area contributed by atoms with E-state index < -0.39 is 24.7 Å². The predicted octanol–water partition coefficient (Wildman–Crippen LogP) is 3.12. The Hall–Kier alpha value is -1.27. The molecule has 1 saturated carbocycles. The van der Waals surface area contributed by atoms with Crippen molar-refractivity contribution in [3.8, 4) is 0 Å². The second-order valence-electron chi connectivity index (χ2n) is 8.34. The van der Waals surface area contributed by atoms with Gasteiger partial charge in [-0.15, -0.1) is 0 Å². The molecule has 1 N–H and O–H groups in total. The number of alkyl halides is 3. The number of amides is 2. The van der Waals surface area contributed by atoms with Crippen LogP contribution in [0.2, 0.25) is 0 Å². The van der Waals surface area contributed by atoms with E-state index >= 15 is 0 Å². The Bertz CT molecular complexity index is 491. The van der Waals surface area contributed by atoms with E-state index in [0.717, 1.165) is 24.2 Å². The summed E-state index contributed by atoms with van der Waals surface area (Å²) in [6, 6.07) is -0.513. The fourth-order valence-corrected chi connectivity index (χ4v) is 4.49. The number of likely N-dealkylation sites (tertiary alicyclic amines) is 1. The number of rotatable bonds is 4. The van der Waals surface area contributed by atoms with Crippen molar-refractivity contribution < 1.29 is 22.8 Å². The van der Waals surface area contributed by atoms with Crippen LogP contribution in [0, 0.1) is 17.3 Å². The van der Waals surface area contributed by atoms with Crippen molar-refractivity contribution in [2.75, 3.05) is 13.1 Å². The van der Waals surface area contributed by atoms with Gasteiger partial charge < -0.3 is 10.2 Å². The van der Waals surface area contributed by atoms with E-state index in [9.17, 15) is 22.8 Å². The summed E-state index contributed by atoms with van der Waals surface area (Å²) in [7, 11) is 0. The fraction of sp³-hybridized carbons (Fsp3) is 0.882. The first-order valence-electron chi connectivity index (χ1n) is 8.57. The molecule has 3 atom stereocenters. The highest BCUT2D eigenvalue weighted by Crippen LogP contribution is 2.42. The van der Waals surface area contributed by atoms with Crippen LogP contribution in [0.1, 0.15) is 52.9 Å². The lowest BCUT2D eigenvalue weighted by Crippen LogP contribution is -2.40. The molecule has 2 aliphatic rings. The minimum absolute atomic E-state index is 0.0472. The van der Waals surface area contributed by atoms with Crippen LogP contribution in [0.15, 0.2) is 0 Å². The van der Waals surface area contributed by atoms with Gasteiger partial charge in [0.15, 0.2) is 0 Å². The quantitative estimate of drug-likeness (QED) is 0.849. The van der Waals surface area contributed by atoms with Gasteiger partial charge in [0, 0.05) is 19.4 Å².